The summed E-state index contributed by atoms with van der Waals surface area (Å²) in [5, 5.41) is 19.4. The summed E-state index contributed by atoms with van der Waals surface area (Å²) in [7, 11) is 1.98. The maximum atomic E-state index is 12.9. The maximum Gasteiger partial charge on any atom is 0.425 e. The Morgan fingerprint density at radius 1 is 1.00 bits per heavy atom. The van der Waals surface area contributed by atoms with E-state index >= 15 is 0 Å². The molecule has 2 aromatic rings. The van der Waals surface area contributed by atoms with Crippen LogP contribution < -0.4 is 4.90 Å². The second-order valence-corrected chi connectivity index (χ2v) is 12.9. The first kappa shape index (κ1) is 31.8. The zero-order valence-electron chi connectivity index (χ0n) is 26.1. The Bertz CT molecular complexity index is 1420. The van der Waals surface area contributed by atoms with Crippen LogP contribution in [0.5, 0.6) is 0 Å². The SMILES string of the molecule is CN(Cc1cccc(-c2ccc(N(C(=O)OC(C)(C)C)C(=O)OC(C)(C)C)nn2)c1)CC(O)C1=CCC2C=CC=CC2=C1. The van der Waals surface area contributed by atoms with Gasteiger partial charge in [-0.05, 0) is 89.9 Å². The van der Waals surface area contributed by atoms with E-state index in [-0.39, 0.29) is 5.82 Å². The minimum atomic E-state index is -0.900. The Morgan fingerprint density at radius 2 is 1.70 bits per heavy atom. The van der Waals surface area contributed by atoms with Gasteiger partial charge < -0.3 is 14.6 Å². The van der Waals surface area contributed by atoms with E-state index < -0.39 is 29.5 Å². The smallest absolute Gasteiger partial charge is 0.425 e. The summed E-state index contributed by atoms with van der Waals surface area (Å²) in [5.41, 5.74) is 2.98. The number of allylic oxidation sites excluding steroid dienone is 6. The molecule has 43 heavy (non-hydrogen) atoms. The maximum absolute atomic E-state index is 12.9. The number of likely N-dealkylation sites (N-methyl/N-ethyl adjacent to an activating group) is 1. The van der Waals surface area contributed by atoms with Gasteiger partial charge in [0, 0.05) is 24.6 Å². The minimum absolute atomic E-state index is 0.00447. The fraction of sp³-hybridized carbons (Fsp3) is 0.412. The van der Waals surface area contributed by atoms with Crippen molar-refractivity contribution < 1.29 is 24.2 Å². The van der Waals surface area contributed by atoms with Gasteiger partial charge >= 0.3 is 12.2 Å². The van der Waals surface area contributed by atoms with Crippen molar-refractivity contribution in [3.05, 3.63) is 89.6 Å². The van der Waals surface area contributed by atoms with Crippen LogP contribution in [-0.4, -0.2) is 63.3 Å². The number of aliphatic hydroxyl groups excluding tert-OH is 1. The van der Waals surface area contributed by atoms with E-state index in [1.54, 1.807) is 53.7 Å². The third-order valence-electron chi connectivity index (χ3n) is 6.69. The van der Waals surface area contributed by atoms with Gasteiger partial charge in [-0.2, -0.15) is 4.90 Å². The van der Waals surface area contributed by atoms with Gasteiger partial charge in [-0.1, -0.05) is 54.7 Å². The van der Waals surface area contributed by atoms with Gasteiger partial charge in [0.1, 0.15) is 11.2 Å². The molecular formula is C34H42N4O5. The molecule has 1 N–H and O–H groups in total. The van der Waals surface area contributed by atoms with Crippen LogP contribution in [0.2, 0.25) is 0 Å². The molecule has 2 aliphatic rings. The van der Waals surface area contributed by atoms with Crippen LogP contribution in [0.1, 0.15) is 53.5 Å². The number of rotatable bonds is 7. The van der Waals surface area contributed by atoms with E-state index in [4.69, 9.17) is 9.47 Å². The fourth-order valence-corrected chi connectivity index (χ4v) is 4.80. The first-order valence-corrected chi connectivity index (χ1v) is 14.5. The molecule has 0 bridgehead atoms. The number of hydrogen-bond donors (Lipinski definition) is 1. The van der Waals surface area contributed by atoms with Gasteiger partial charge in [-0.25, -0.2) is 9.59 Å². The molecule has 9 heteroatoms. The number of anilines is 1. The molecule has 1 heterocycles. The lowest BCUT2D eigenvalue weighted by Gasteiger charge is -2.27. The Morgan fingerprint density at radius 3 is 2.33 bits per heavy atom. The highest BCUT2D eigenvalue weighted by molar-refractivity contribution is 6.08. The number of carbonyl (C=O) groups is 2. The second kappa shape index (κ2) is 13.1. The number of fused-ring (bicyclic) bond motifs is 1. The molecule has 1 aromatic carbocycles. The number of aromatic nitrogens is 2. The number of nitrogens with zero attached hydrogens (tertiary/aromatic N) is 4. The van der Waals surface area contributed by atoms with Gasteiger partial charge in [0.25, 0.3) is 0 Å². The van der Waals surface area contributed by atoms with E-state index in [2.05, 4.69) is 45.5 Å². The molecule has 2 unspecified atom stereocenters. The quantitative estimate of drug-likeness (QED) is 0.386. The summed E-state index contributed by atoms with van der Waals surface area (Å²) in [6.45, 7) is 11.4. The average Bonchev–Trinajstić information content (AvgIpc) is 2.91. The topological polar surface area (TPSA) is 105 Å². The summed E-state index contributed by atoms with van der Waals surface area (Å²) in [6.07, 6.45) is 11.2. The zero-order valence-corrected chi connectivity index (χ0v) is 26.1. The Labute approximate surface area is 254 Å². The normalized spacial score (nSPS) is 17.1. The largest absolute Gasteiger partial charge is 0.443 e. The average molecular weight is 587 g/mol. The van der Waals surface area contributed by atoms with Gasteiger partial charge in [-0.3, -0.25) is 4.90 Å². The summed E-state index contributed by atoms with van der Waals surface area (Å²) in [6, 6.07) is 11.1. The first-order chi connectivity index (χ1) is 20.2. The summed E-state index contributed by atoms with van der Waals surface area (Å²) < 4.78 is 10.9. The first-order valence-electron chi connectivity index (χ1n) is 14.5. The van der Waals surface area contributed by atoms with E-state index in [0.29, 0.717) is 24.7 Å². The molecule has 0 radical (unpaired) electrons. The predicted octanol–water partition coefficient (Wildman–Crippen LogP) is 6.61. The third-order valence-corrected chi connectivity index (χ3v) is 6.69. The molecule has 2 amide bonds. The molecule has 0 saturated heterocycles. The molecule has 0 aliphatic heterocycles. The van der Waals surface area contributed by atoms with E-state index in [9.17, 15) is 14.7 Å². The molecular weight excluding hydrogens is 544 g/mol. The molecule has 1 aromatic heterocycles. The molecule has 2 atom stereocenters. The minimum Gasteiger partial charge on any atom is -0.443 e. The highest BCUT2D eigenvalue weighted by Gasteiger charge is 2.34. The van der Waals surface area contributed by atoms with E-state index in [1.165, 1.54) is 5.57 Å². The van der Waals surface area contributed by atoms with Gasteiger partial charge in [0.15, 0.2) is 5.82 Å². The van der Waals surface area contributed by atoms with Gasteiger partial charge in [-0.15, -0.1) is 10.2 Å². The van der Waals surface area contributed by atoms with E-state index in [1.807, 2.05) is 37.4 Å². The summed E-state index contributed by atoms with van der Waals surface area (Å²) in [4.78, 5) is 28.7. The lowest BCUT2D eigenvalue weighted by molar-refractivity contribution is 0.0428. The molecule has 9 nitrogen and oxygen atoms in total. The van der Waals surface area contributed by atoms with Crippen molar-refractivity contribution in [1.29, 1.82) is 0 Å². The molecule has 0 saturated carbocycles. The fourth-order valence-electron chi connectivity index (χ4n) is 4.80. The van der Waals surface area contributed by atoms with Crippen LogP contribution >= 0.6 is 0 Å². The van der Waals surface area contributed by atoms with Crippen LogP contribution in [0.4, 0.5) is 15.4 Å². The van der Waals surface area contributed by atoms with Crippen molar-refractivity contribution in [3.8, 4) is 11.3 Å². The molecule has 0 fully saturated rings. The number of benzene rings is 1. The summed E-state index contributed by atoms with van der Waals surface area (Å²) >= 11 is 0. The van der Waals surface area contributed by atoms with E-state index in [0.717, 1.165) is 28.0 Å². The lowest BCUT2D eigenvalue weighted by Crippen LogP contribution is -2.44. The number of hydrogen-bond acceptors (Lipinski definition) is 8. The van der Waals surface area contributed by atoms with Crippen LogP contribution in [-0.2, 0) is 16.0 Å². The second-order valence-electron chi connectivity index (χ2n) is 12.9. The van der Waals surface area contributed by atoms with Crippen molar-refractivity contribution in [1.82, 2.24) is 15.1 Å². The number of amides is 2. The highest BCUT2D eigenvalue weighted by Crippen LogP contribution is 2.30. The monoisotopic (exact) mass is 586 g/mol. The molecule has 228 valence electrons. The molecule has 4 rings (SSSR count). The Kier molecular flexibility index (Phi) is 9.67. The number of carbonyl (C=O) groups excluding carboxylic acids is 2. The lowest BCUT2D eigenvalue weighted by atomic mass is 9.84. The number of aliphatic hydroxyl groups is 1. The highest BCUT2D eigenvalue weighted by atomic mass is 16.6. The zero-order chi connectivity index (χ0) is 31.4. The summed E-state index contributed by atoms with van der Waals surface area (Å²) in [5.74, 6) is 0.395. The van der Waals surface area contributed by atoms with Crippen LogP contribution in [0.3, 0.4) is 0 Å². The van der Waals surface area contributed by atoms with Gasteiger partial charge in [0.2, 0.25) is 0 Å². The van der Waals surface area contributed by atoms with Crippen molar-refractivity contribution in [2.45, 2.75) is 71.8 Å². The van der Waals surface area contributed by atoms with Crippen molar-refractivity contribution in [3.63, 3.8) is 0 Å². The molecule has 2 aliphatic carbocycles. The number of ether oxygens (including phenoxy) is 2. The third kappa shape index (κ3) is 8.95. The molecule has 0 spiro atoms. The standard InChI is InChI=1S/C34H42N4O5/c1-33(2,3)42-31(40)38(32(41)43-34(4,5)6)30-18-17-28(35-36-30)26-14-10-11-23(19-26)21-37(7)22-29(39)27-16-15-24-12-8-9-13-25(24)20-27/h8-14,16-20,24,29,39H,15,21-22H2,1-7H3. The van der Waals surface area contributed by atoms with Crippen molar-refractivity contribution >= 4 is 18.0 Å². The number of imide groups is 1. The van der Waals surface area contributed by atoms with Crippen LogP contribution in [0, 0.1) is 5.92 Å². The van der Waals surface area contributed by atoms with Crippen LogP contribution in [0.15, 0.2) is 84.0 Å². The van der Waals surface area contributed by atoms with Crippen molar-refractivity contribution in [2.24, 2.45) is 5.92 Å². The van der Waals surface area contributed by atoms with Crippen molar-refractivity contribution in [2.75, 3.05) is 18.5 Å². The predicted molar refractivity (Wildman–Crippen MR) is 167 cm³/mol. The Balaban J connectivity index is 1.44. The van der Waals surface area contributed by atoms with Crippen LogP contribution in [0.25, 0.3) is 11.3 Å². The van der Waals surface area contributed by atoms with Gasteiger partial charge in [0.05, 0.1) is 11.8 Å². The Hall–Kier alpha value is -4.08.